The molecule has 1 aliphatic heterocycles. The van der Waals surface area contributed by atoms with Crippen molar-refractivity contribution >= 4 is 11.8 Å². The summed E-state index contributed by atoms with van der Waals surface area (Å²) < 4.78 is 0. The van der Waals surface area contributed by atoms with Crippen LogP contribution < -0.4 is 16.4 Å². The fourth-order valence-corrected chi connectivity index (χ4v) is 1.66. The molecule has 5 heteroatoms. The Labute approximate surface area is 89.8 Å². The molecule has 2 amide bonds. The van der Waals surface area contributed by atoms with Crippen molar-refractivity contribution in [2.75, 3.05) is 13.1 Å². The summed E-state index contributed by atoms with van der Waals surface area (Å²) in [6.07, 6.45) is 0.691. The molecule has 1 heterocycles. The average Bonchev–Trinajstić information content (AvgIpc) is 1.92. The van der Waals surface area contributed by atoms with Crippen LogP contribution in [0.2, 0.25) is 0 Å². The third kappa shape index (κ3) is 4.29. The van der Waals surface area contributed by atoms with Crippen LogP contribution in [0.3, 0.4) is 0 Å². The number of rotatable bonds is 5. The summed E-state index contributed by atoms with van der Waals surface area (Å²) in [5.74, 6) is 0.0349. The topological polar surface area (TPSA) is 84.2 Å². The standard InChI is InChI=1S/C10H19N3O2/c1-10(2,4-8(11)14)13-9(15)3-7-5-12-6-7/h7,12H,3-6H2,1-2H3,(H2,11,14)(H,13,15). The Morgan fingerprint density at radius 2 is 2.07 bits per heavy atom. The van der Waals surface area contributed by atoms with Gasteiger partial charge in [-0.2, -0.15) is 0 Å². The Hall–Kier alpha value is -1.10. The molecule has 86 valence electrons. The molecule has 1 aliphatic rings. The molecule has 0 aromatic carbocycles. The maximum atomic E-state index is 11.6. The van der Waals surface area contributed by atoms with E-state index >= 15 is 0 Å². The zero-order valence-corrected chi connectivity index (χ0v) is 9.30. The van der Waals surface area contributed by atoms with Gasteiger partial charge in [0, 0.05) is 18.4 Å². The van der Waals surface area contributed by atoms with Gasteiger partial charge in [-0.25, -0.2) is 0 Å². The monoisotopic (exact) mass is 213 g/mol. The van der Waals surface area contributed by atoms with Crippen molar-refractivity contribution in [2.45, 2.75) is 32.2 Å². The molecule has 15 heavy (non-hydrogen) atoms. The van der Waals surface area contributed by atoms with Gasteiger partial charge in [-0.15, -0.1) is 0 Å². The average molecular weight is 213 g/mol. The van der Waals surface area contributed by atoms with Gasteiger partial charge in [0.25, 0.3) is 0 Å². The first-order valence-corrected chi connectivity index (χ1v) is 5.19. The van der Waals surface area contributed by atoms with Crippen molar-refractivity contribution in [1.29, 1.82) is 0 Å². The number of nitrogens with one attached hydrogen (secondary N) is 2. The van der Waals surface area contributed by atoms with Gasteiger partial charge in [-0.05, 0) is 32.9 Å². The number of primary amides is 1. The van der Waals surface area contributed by atoms with Crippen molar-refractivity contribution in [3.8, 4) is 0 Å². The van der Waals surface area contributed by atoms with Gasteiger partial charge < -0.3 is 16.4 Å². The Bertz CT molecular complexity index is 259. The van der Waals surface area contributed by atoms with Crippen molar-refractivity contribution in [2.24, 2.45) is 11.7 Å². The first kappa shape index (κ1) is 12.0. The molecule has 0 radical (unpaired) electrons. The Morgan fingerprint density at radius 3 is 2.47 bits per heavy atom. The molecule has 1 saturated heterocycles. The van der Waals surface area contributed by atoms with Gasteiger partial charge in [-0.3, -0.25) is 9.59 Å². The summed E-state index contributed by atoms with van der Waals surface area (Å²) in [5.41, 5.74) is 4.55. The lowest BCUT2D eigenvalue weighted by molar-refractivity contribution is -0.125. The van der Waals surface area contributed by atoms with E-state index < -0.39 is 11.4 Å². The molecule has 0 bridgehead atoms. The zero-order valence-electron chi connectivity index (χ0n) is 9.30. The number of hydrogen-bond donors (Lipinski definition) is 3. The molecule has 0 aliphatic carbocycles. The lowest BCUT2D eigenvalue weighted by Gasteiger charge is -2.29. The van der Waals surface area contributed by atoms with E-state index in [-0.39, 0.29) is 12.3 Å². The van der Waals surface area contributed by atoms with E-state index in [4.69, 9.17) is 5.73 Å². The quantitative estimate of drug-likeness (QED) is 0.568. The smallest absolute Gasteiger partial charge is 0.220 e. The maximum Gasteiger partial charge on any atom is 0.220 e. The molecule has 0 unspecified atom stereocenters. The van der Waals surface area contributed by atoms with Crippen LogP contribution in [0.4, 0.5) is 0 Å². The molecular weight excluding hydrogens is 194 g/mol. The summed E-state index contributed by atoms with van der Waals surface area (Å²) in [7, 11) is 0. The Balaban J connectivity index is 2.31. The summed E-state index contributed by atoms with van der Waals surface area (Å²) in [6.45, 7) is 5.41. The molecule has 5 nitrogen and oxygen atoms in total. The minimum atomic E-state index is -0.542. The predicted molar refractivity (Wildman–Crippen MR) is 57.0 cm³/mol. The van der Waals surface area contributed by atoms with Gasteiger partial charge in [0.2, 0.25) is 11.8 Å². The highest BCUT2D eigenvalue weighted by Crippen LogP contribution is 2.11. The summed E-state index contributed by atoms with van der Waals surface area (Å²) >= 11 is 0. The molecule has 1 rings (SSSR count). The number of carbonyl (C=O) groups is 2. The van der Waals surface area contributed by atoms with Crippen LogP contribution in [0, 0.1) is 5.92 Å². The Morgan fingerprint density at radius 1 is 1.47 bits per heavy atom. The van der Waals surface area contributed by atoms with E-state index in [0.717, 1.165) is 13.1 Å². The normalized spacial score (nSPS) is 16.9. The van der Waals surface area contributed by atoms with E-state index in [2.05, 4.69) is 10.6 Å². The van der Waals surface area contributed by atoms with Crippen LogP contribution in [-0.2, 0) is 9.59 Å². The molecule has 0 atom stereocenters. The number of nitrogens with two attached hydrogens (primary N) is 1. The largest absolute Gasteiger partial charge is 0.370 e. The van der Waals surface area contributed by atoms with E-state index in [1.165, 1.54) is 0 Å². The second-order valence-corrected chi connectivity index (χ2v) is 4.80. The molecule has 0 aromatic rings. The predicted octanol–water partition coefficient (Wildman–Crippen LogP) is -0.634. The van der Waals surface area contributed by atoms with Crippen LogP contribution in [0.15, 0.2) is 0 Å². The highest BCUT2D eigenvalue weighted by Gasteiger charge is 2.26. The lowest BCUT2D eigenvalue weighted by Crippen LogP contribution is -2.49. The summed E-state index contributed by atoms with van der Waals surface area (Å²) in [6, 6.07) is 0. The molecule has 0 spiro atoms. The Kier molecular flexibility index (Phi) is 3.68. The molecule has 1 fully saturated rings. The van der Waals surface area contributed by atoms with Crippen LogP contribution in [0.5, 0.6) is 0 Å². The third-order valence-electron chi connectivity index (χ3n) is 2.43. The maximum absolute atomic E-state index is 11.6. The third-order valence-corrected chi connectivity index (χ3v) is 2.43. The minimum absolute atomic E-state index is 0.00671. The number of hydrogen-bond acceptors (Lipinski definition) is 3. The van der Waals surface area contributed by atoms with E-state index in [9.17, 15) is 9.59 Å². The molecular formula is C10H19N3O2. The van der Waals surface area contributed by atoms with Gasteiger partial charge in [0.1, 0.15) is 0 Å². The second-order valence-electron chi connectivity index (χ2n) is 4.80. The lowest BCUT2D eigenvalue weighted by atomic mass is 9.96. The van der Waals surface area contributed by atoms with E-state index in [1.54, 1.807) is 13.8 Å². The summed E-state index contributed by atoms with van der Waals surface area (Å²) in [4.78, 5) is 22.3. The van der Waals surface area contributed by atoms with Crippen LogP contribution >= 0.6 is 0 Å². The van der Waals surface area contributed by atoms with E-state index in [0.29, 0.717) is 12.3 Å². The number of amides is 2. The molecule has 0 aromatic heterocycles. The van der Waals surface area contributed by atoms with E-state index in [1.807, 2.05) is 0 Å². The summed E-state index contributed by atoms with van der Waals surface area (Å²) in [5, 5.41) is 5.93. The van der Waals surface area contributed by atoms with Crippen molar-refractivity contribution in [3.05, 3.63) is 0 Å². The fraction of sp³-hybridized carbons (Fsp3) is 0.800. The van der Waals surface area contributed by atoms with Gasteiger partial charge in [-0.1, -0.05) is 0 Å². The first-order chi connectivity index (χ1) is 6.89. The van der Waals surface area contributed by atoms with Crippen LogP contribution in [-0.4, -0.2) is 30.4 Å². The highest BCUT2D eigenvalue weighted by molar-refractivity contribution is 5.79. The highest BCUT2D eigenvalue weighted by atomic mass is 16.2. The molecule has 0 saturated carbocycles. The fourth-order valence-electron chi connectivity index (χ4n) is 1.66. The second kappa shape index (κ2) is 4.61. The van der Waals surface area contributed by atoms with Crippen LogP contribution in [0.25, 0.3) is 0 Å². The SMILES string of the molecule is CC(C)(CC(N)=O)NC(=O)CC1CNC1. The van der Waals surface area contributed by atoms with Gasteiger partial charge in [0.15, 0.2) is 0 Å². The van der Waals surface area contributed by atoms with Gasteiger partial charge >= 0.3 is 0 Å². The van der Waals surface area contributed by atoms with Crippen molar-refractivity contribution < 1.29 is 9.59 Å². The minimum Gasteiger partial charge on any atom is -0.370 e. The zero-order chi connectivity index (χ0) is 11.5. The number of carbonyl (C=O) groups excluding carboxylic acids is 2. The van der Waals surface area contributed by atoms with Crippen molar-refractivity contribution in [3.63, 3.8) is 0 Å². The van der Waals surface area contributed by atoms with Crippen molar-refractivity contribution in [1.82, 2.24) is 10.6 Å². The first-order valence-electron chi connectivity index (χ1n) is 5.19. The van der Waals surface area contributed by atoms with Crippen LogP contribution in [0.1, 0.15) is 26.7 Å². The molecule has 4 N–H and O–H groups in total. The van der Waals surface area contributed by atoms with Gasteiger partial charge in [0.05, 0.1) is 0 Å².